The zero-order chi connectivity index (χ0) is 18.4. The highest BCUT2D eigenvalue weighted by Gasteiger charge is 2.20. The number of nitrogens with zero attached hydrogens (tertiary/aromatic N) is 2. The van der Waals surface area contributed by atoms with E-state index in [0.29, 0.717) is 51.1 Å². The molecule has 7 nitrogen and oxygen atoms in total. The molecule has 1 aromatic carbocycles. The molecule has 7 heteroatoms. The second-order valence-corrected chi connectivity index (χ2v) is 6.80. The molecule has 0 bridgehead atoms. The van der Waals surface area contributed by atoms with E-state index < -0.39 is 0 Å². The number of rotatable bonds is 5. The van der Waals surface area contributed by atoms with Crippen molar-refractivity contribution in [3.63, 3.8) is 0 Å². The van der Waals surface area contributed by atoms with E-state index in [1.165, 1.54) is 0 Å². The molecule has 2 aliphatic rings. The van der Waals surface area contributed by atoms with Crippen LogP contribution in [-0.2, 0) is 20.9 Å². The Balaban J connectivity index is 1.48. The summed E-state index contributed by atoms with van der Waals surface area (Å²) >= 11 is 0. The van der Waals surface area contributed by atoms with Gasteiger partial charge in [-0.25, -0.2) is 0 Å². The molecule has 26 heavy (non-hydrogen) atoms. The molecule has 2 saturated heterocycles. The summed E-state index contributed by atoms with van der Waals surface area (Å²) in [6, 6.07) is 8.13. The number of hydrogen-bond donors (Lipinski definition) is 1. The number of morpholine rings is 1. The van der Waals surface area contributed by atoms with E-state index in [4.69, 9.17) is 9.47 Å². The molecule has 0 spiro atoms. The molecular formula is C19H27N3O4. The van der Waals surface area contributed by atoms with Gasteiger partial charge in [-0.3, -0.25) is 14.5 Å². The Bertz CT molecular complexity index is 614. The van der Waals surface area contributed by atoms with Crippen LogP contribution in [0.2, 0.25) is 0 Å². The van der Waals surface area contributed by atoms with Gasteiger partial charge in [0.2, 0.25) is 5.91 Å². The summed E-state index contributed by atoms with van der Waals surface area (Å²) < 4.78 is 10.9. The van der Waals surface area contributed by atoms with Crippen LogP contribution in [0, 0.1) is 0 Å². The fourth-order valence-electron chi connectivity index (χ4n) is 3.15. The number of ether oxygens (including phenoxy) is 2. The quantitative estimate of drug-likeness (QED) is 0.833. The lowest BCUT2D eigenvalue weighted by Gasteiger charge is -2.27. The average Bonchev–Trinajstić information content (AvgIpc) is 2.83. The van der Waals surface area contributed by atoms with Gasteiger partial charge < -0.3 is 19.7 Å². The van der Waals surface area contributed by atoms with E-state index in [1.54, 1.807) is 4.90 Å². The molecule has 1 atom stereocenters. The third-order valence-corrected chi connectivity index (χ3v) is 4.88. The first kappa shape index (κ1) is 18.7. The summed E-state index contributed by atoms with van der Waals surface area (Å²) in [5, 5.41) is 2.93. The minimum absolute atomic E-state index is 0.00654. The molecule has 142 valence electrons. The molecule has 2 heterocycles. The predicted molar refractivity (Wildman–Crippen MR) is 96.8 cm³/mol. The SMILES string of the molecule is C[C@H]1CNC(=O)CCN1Cc1ccc(OCC(=O)N2CCOCC2)cc1. The highest BCUT2D eigenvalue weighted by molar-refractivity contribution is 5.78. The van der Waals surface area contributed by atoms with Gasteiger partial charge in [-0.1, -0.05) is 12.1 Å². The molecule has 0 radical (unpaired) electrons. The number of hydrogen-bond acceptors (Lipinski definition) is 5. The van der Waals surface area contributed by atoms with Gasteiger partial charge in [0, 0.05) is 45.2 Å². The molecule has 2 aliphatic heterocycles. The van der Waals surface area contributed by atoms with Gasteiger partial charge in [0.15, 0.2) is 6.61 Å². The predicted octanol–water partition coefficient (Wildman–Crippen LogP) is 0.635. The third-order valence-electron chi connectivity index (χ3n) is 4.88. The summed E-state index contributed by atoms with van der Waals surface area (Å²) in [5.41, 5.74) is 1.16. The van der Waals surface area contributed by atoms with Crippen molar-refractivity contribution >= 4 is 11.8 Å². The van der Waals surface area contributed by atoms with Gasteiger partial charge >= 0.3 is 0 Å². The summed E-state index contributed by atoms with van der Waals surface area (Å²) in [5.74, 6) is 0.803. The van der Waals surface area contributed by atoms with Crippen LogP contribution < -0.4 is 10.1 Å². The van der Waals surface area contributed by atoms with E-state index in [1.807, 2.05) is 24.3 Å². The van der Waals surface area contributed by atoms with Crippen molar-refractivity contribution in [2.45, 2.75) is 25.9 Å². The van der Waals surface area contributed by atoms with Crippen LogP contribution in [-0.4, -0.2) is 73.7 Å². The fraction of sp³-hybridized carbons (Fsp3) is 0.579. The Morgan fingerprint density at radius 1 is 1.23 bits per heavy atom. The maximum atomic E-state index is 12.1. The molecule has 2 amide bonds. The van der Waals surface area contributed by atoms with Gasteiger partial charge in [-0.05, 0) is 24.6 Å². The van der Waals surface area contributed by atoms with E-state index in [2.05, 4.69) is 17.1 Å². The summed E-state index contributed by atoms with van der Waals surface area (Å²) in [4.78, 5) is 27.7. The molecule has 1 N–H and O–H groups in total. The number of amides is 2. The summed E-state index contributed by atoms with van der Waals surface area (Å²) in [6.07, 6.45) is 0.537. The number of carbonyl (C=O) groups excluding carboxylic acids is 2. The minimum Gasteiger partial charge on any atom is -0.484 e. The molecule has 0 unspecified atom stereocenters. The van der Waals surface area contributed by atoms with Crippen molar-refractivity contribution in [3.8, 4) is 5.75 Å². The smallest absolute Gasteiger partial charge is 0.260 e. The molecule has 0 aliphatic carbocycles. The van der Waals surface area contributed by atoms with Crippen LogP contribution in [0.4, 0.5) is 0 Å². The van der Waals surface area contributed by atoms with E-state index in [-0.39, 0.29) is 18.4 Å². The first-order valence-corrected chi connectivity index (χ1v) is 9.20. The third kappa shape index (κ3) is 5.19. The van der Waals surface area contributed by atoms with Crippen molar-refractivity contribution in [3.05, 3.63) is 29.8 Å². The second-order valence-electron chi connectivity index (χ2n) is 6.80. The number of benzene rings is 1. The van der Waals surface area contributed by atoms with Crippen LogP contribution in [0.25, 0.3) is 0 Å². The highest BCUT2D eigenvalue weighted by Crippen LogP contribution is 2.16. The molecule has 2 fully saturated rings. The largest absolute Gasteiger partial charge is 0.484 e. The first-order chi connectivity index (χ1) is 12.6. The van der Waals surface area contributed by atoms with Crippen LogP contribution >= 0.6 is 0 Å². The lowest BCUT2D eigenvalue weighted by Crippen LogP contribution is -2.42. The molecule has 0 saturated carbocycles. The van der Waals surface area contributed by atoms with Crippen LogP contribution in [0.3, 0.4) is 0 Å². The molecule has 3 rings (SSSR count). The standard InChI is InChI=1S/C19H27N3O4/c1-15-12-20-18(23)6-7-22(15)13-16-2-4-17(5-3-16)26-14-19(24)21-8-10-25-11-9-21/h2-5,15H,6-14H2,1H3,(H,20,23)/t15-/m0/s1. The van der Waals surface area contributed by atoms with Gasteiger partial charge in [0.05, 0.1) is 13.2 Å². The number of nitrogens with one attached hydrogen (secondary N) is 1. The maximum Gasteiger partial charge on any atom is 0.260 e. The molecular weight excluding hydrogens is 334 g/mol. The van der Waals surface area contributed by atoms with E-state index in [0.717, 1.165) is 18.7 Å². The normalized spacial score (nSPS) is 21.8. The fourth-order valence-corrected chi connectivity index (χ4v) is 3.15. The topological polar surface area (TPSA) is 71.1 Å². The zero-order valence-electron chi connectivity index (χ0n) is 15.3. The maximum absolute atomic E-state index is 12.1. The van der Waals surface area contributed by atoms with Crippen molar-refractivity contribution < 1.29 is 19.1 Å². The Kier molecular flexibility index (Phi) is 6.46. The van der Waals surface area contributed by atoms with Crippen molar-refractivity contribution in [1.82, 2.24) is 15.1 Å². The van der Waals surface area contributed by atoms with Crippen LogP contribution in [0.15, 0.2) is 24.3 Å². The van der Waals surface area contributed by atoms with Gasteiger partial charge in [0.25, 0.3) is 5.91 Å². The van der Waals surface area contributed by atoms with E-state index >= 15 is 0 Å². The Morgan fingerprint density at radius 2 is 1.96 bits per heavy atom. The average molecular weight is 361 g/mol. The lowest BCUT2D eigenvalue weighted by molar-refractivity contribution is -0.137. The number of carbonyl (C=O) groups is 2. The van der Waals surface area contributed by atoms with Crippen LogP contribution in [0.5, 0.6) is 5.75 Å². The highest BCUT2D eigenvalue weighted by atomic mass is 16.5. The summed E-state index contributed by atoms with van der Waals surface area (Å²) in [6.45, 7) is 6.87. The van der Waals surface area contributed by atoms with Crippen molar-refractivity contribution in [1.29, 1.82) is 0 Å². The second kappa shape index (κ2) is 9.00. The minimum atomic E-state index is -0.00654. The van der Waals surface area contributed by atoms with Gasteiger partial charge in [-0.2, -0.15) is 0 Å². The van der Waals surface area contributed by atoms with Crippen LogP contribution in [0.1, 0.15) is 18.9 Å². The van der Waals surface area contributed by atoms with E-state index in [9.17, 15) is 9.59 Å². The Hall–Kier alpha value is -2.12. The first-order valence-electron chi connectivity index (χ1n) is 9.20. The Labute approximate surface area is 154 Å². The summed E-state index contributed by atoms with van der Waals surface area (Å²) in [7, 11) is 0. The molecule has 0 aromatic heterocycles. The van der Waals surface area contributed by atoms with Crippen molar-refractivity contribution in [2.24, 2.45) is 0 Å². The molecule has 1 aromatic rings. The lowest BCUT2D eigenvalue weighted by atomic mass is 10.1. The van der Waals surface area contributed by atoms with Gasteiger partial charge in [0.1, 0.15) is 5.75 Å². The Morgan fingerprint density at radius 3 is 2.69 bits per heavy atom. The monoisotopic (exact) mass is 361 g/mol. The van der Waals surface area contributed by atoms with Crippen molar-refractivity contribution in [2.75, 3.05) is 46.0 Å². The van der Waals surface area contributed by atoms with Gasteiger partial charge in [-0.15, -0.1) is 0 Å². The zero-order valence-corrected chi connectivity index (χ0v) is 15.3.